The molecule has 0 saturated carbocycles. The van der Waals surface area contributed by atoms with E-state index in [-0.39, 0.29) is 10.6 Å². The lowest BCUT2D eigenvalue weighted by atomic mass is 10.2. The van der Waals surface area contributed by atoms with Gasteiger partial charge >= 0.3 is 12.3 Å². The van der Waals surface area contributed by atoms with Crippen LogP contribution in [-0.4, -0.2) is 17.4 Å². The predicted octanol–water partition coefficient (Wildman–Crippen LogP) is 3.34. The van der Waals surface area contributed by atoms with Gasteiger partial charge in [0.05, 0.1) is 0 Å². The van der Waals surface area contributed by atoms with E-state index in [9.17, 15) is 18.0 Å². The van der Waals surface area contributed by atoms with Crippen molar-refractivity contribution in [1.29, 1.82) is 0 Å². The zero-order valence-electron chi connectivity index (χ0n) is 8.16. The summed E-state index contributed by atoms with van der Waals surface area (Å²) in [6.45, 7) is 0. The van der Waals surface area contributed by atoms with Crippen LogP contribution >= 0.6 is 11.6 Å². The van der Waals surface area contributed by atoms with Crippen molar-refractivity contribution in [3.8, 4) is 5.75 Å². The van der Waals surface area contributed by atoms with Crippen LogP contribution in [0.5, 0.6) is 5.75 Å². The number of ether oxygens (including phenoxy) is 1. The highest BCUT2D eigenvalue weighted by Gasteiger charge is 2.31. The minimum absolute atomic E-state index is 0.0720. The highest BCUT2D eigenvalue weighted by atomic mass is 35.5. The molecule has 0 amide bonds. The number of carbonyl (C=O) groups is 1. The molecule has 0 heterocycles. The Hall–Kier alpha value is -1.69. The van der Waals surface area contributed by atoms with Crippen LogP contribution in [0, 0.1) is 0 Å². The summed E-state index contributed by atoms with van der Waals surface area (Å²) in [6, 6.07) is 3.39. The van der Waals surface area contributed by atoms with E-state index in [4.69, 9.17) is 16.7 Å². The molecule has 1 aromatic rings. The summed E-state index contributed by atoms with van der Waals surface area (Å²) in [4.78, 5) is 10.3. The van der Waals surface area contributed by atoms with Crippen LogP contribution < -0.4 is 4.74 Å². The third kappa shape index (κ3) is 4.78. The van der Waals surface area contributed by atoms with Crippen molar-refractivity contribution in [2.45, 2.75) is 6.36 Å². The molecule has 0 unspecified atom stereocenters. The Labute approximate surface area is 99.1 Å². The Bertz CT molecular complexity index is 455. The molecule has 1 rings (SSSR count). The fourth-order valence-electron chi connectivity index (χ4n) is 1.03. The topological polar surface area (TPSA) is 46.5 Å². The van der Waals surface area contributed by atoms with Crippen LogP contribution in [0.3, 0.4) is 0 Å². The van der Waals surface area contributed by atoms with Crippen LogP contribution in [-0.2, 0) is 4.79 Å². The second-order valence-electron chi connectivity index (χ2n) is 2.90. The van der Waals surface area contributed by atoms with Crippen LogP contribution in [0.2, 0.25) is 5.02 Å². The van der Waals surface area contributed by atoms with Crippen molar-refractivity contribution in [3.05, 3.63) is 34.9 Å². The van der Waals surface area contributed by atoms with Crippen LogP contribution in [0.25, 0.3) is 6.08 Å². The molecule has 0 aliphatic carbocycles. The fourth-order valence-corrected chi connectivity index (χ4v) is 1.21. The average Bonchev–Trinajstić information content (AvgIpc) is 2.16. The van der Waals surface area contributed by atoms with Crippen molar-refractivity contribution in [2.24, 2.45) is 0 Å². The molecule has 0 saturated heterocycles. The zero-order chi connectivity index (χ0) is 13.1. The van der Waals surface area contributed by atoms with E-state index < -0.39 is 18.1 Å². The number of halogens is 4. The quantitative estimate of drug-likeness (QED) is 0.854. The van der Waals surface area contributed by atoms with E-state index in [1.807, 2.05) is 0 Å². The van der Waals surface area contributed by atoms with E-state index in [2.05, 4.69) is 4.74 Å². The largest absolute Gasteiger partial charge is 0.573 e. The van der Waals surface area contributed by atoms with Gasteiger partial charge in [0, 0.05) is 16.7 Å². The standard InChI is InChI=1S/C10H6ClF3O3/c11-7-2-3-8(17-10(12,13)14)6(5-7)1-4-9(15)16/h1-5H,(H,15,16). The molecule has 0 atom stereocenters. The minimum atomic E-state index is -4.85. The molecule has 1 aromatic carbocycles. The first-order valence-electron chi connectivity index (χ1n) is 4.24. The number of hydrogen-bond donors (Lipinski definition) is 1. The molecular formula is C10H6ClF3O3. The Kier molecular flexibility index (Phi) is 4.01. The van der Waals surface area contributed by atoms with Crippen molar-refractivity contribution in [1.82, 2.24) is 0 Å². The summed E-state index contributed by atoms with van der Waals surface area (Å²) in [5.41, 5.74) is -0.0720. The maximum Gasteiger partial charge on any atom is 0.573 e. The number of alkyl halides is 3. The SMILES string of the molecule is O=C(O)C=Cc1cc(Cl)ccc1OC(F)(F)F. The van der Waals surface area contributed by atoms with Gasteiger partial charge in [0.25, 0.3) is 0 Å². The van der Waals surface area contributed by atoms with Crippen LogP contribution in [0.4, 0.5) is 13.2 Å². The molecule has 0 fully saturated rings. The molecule has 7 heteroatoms. The first-order valence-corrected chi connectivity index (χ1v) is 4.62. The van der Waals surface area contributed by atoms with Gasteiger partial charge in [-0.3, -0.25) is 0 Å². The lowest BCUT2D eigenvalue weighted by molar-refractivity contribution is -0.274. The Balaban J connectivity index is 3.08. The molecular weight excluding hydrogens is 261 g/mol. The number of hydrogen-bond acceptors (Lipinski definition) is 2. The second kappa shape index (κ2) is 5.09. The van der Waals surface area contributed by atoms with E-state index in [0.29, 0.717) is 6.08 Å². The lowest BCUT2D eigenvalue weighted by Crippen LogP contribution is -2.17. The van der Waals surface area contributed by atoms with E-state index in [0.717, 1.165) is 12.1 Å². The number of benzene rings is 1. The maximum atomic E-state index is 12.0. The molecule has 17 heavy (non-hydrogen) atoms. The van der Waals surface area contributed by atoms with E-state index >= 15 is 0 Å². The Morgan fingerprint density at radius 2 is 2.06 bits per heavy atom. The fraction of sp³-hybridized carbons (Fsp3) is 0.100. The van der Waals surface area contributed by atoms with Gasteiger partial charge in [-0.1, -0.05) is 11.6 Å². The molecule has 1 N–H and O–H groups in total. The third-order valence-corrected chi connectivity index (χ3v) is 1.84. The summed E-state index contributed by atoms with van der Waals surface area (Å²) >= 11 is 5.59. The Morgan fingerprint density at radius 1 is 1.41 bits per heavy atom. The molecule has 0 spiro atoms. The van der Waals surface area contributed by atoms with Gasteiger partial charge in [0.2, 0.25) is 0 Å². The first-order chi connectivity index (χ1) is 7.78. The molecule has 3 nitrogen and oxygen atoms in total. The highest BCUT2D eigenvalue weighted by Crippen LogP contribution is 2.29. The van der Waals surface area contributed by atoms with E-state index in [1.165, 1.54) is 12.1 Å². The molecule has 92 valence electrons. The normalized spacial score (nSPS) is 11.8. The van der Waals surface area contributed by atoms with Crippen molar-refractivity contribution in [3.63, 3.8) is 0 Å². The molecule has 0 aliphatic heterocycles. The molecule has 0 aromatic heterocycles. The van der Waals surface area contributed by atoms with Gasteiger partial charge in [-0.15, -0.1) is 13.2 Å². The second-order valence-corrected chi connectivity index (χ2v) is 3.34. The van der Waals surface area contributed by atoms with Crippen LogP contribution in [0.15, 0.2) is 24.3 Å². The summed E-state index contributed by atoms with van der Waals surface area (Å²) in [5.74, 6) is -1.80. The summed E-state index contributed by atoms with van der Waals surface area (Å²) in [5, 5.41) is 8.56. The van der Waals surface area contributed by atoms with Gasteiger partial charge in [-0.05, 0) is 24.3 Å². The number of carboxylic acids is 1. The maximum absolute atomic E-state index is 12.0. The number of rotatable bonds is 3. The van der Waals surface area contributed by atoms with Gasteiger partial charge in [-0.25, -0.2) is 4.79 Å². The van der Waals surface area contributed by atoms with Crippen LogP contribution in [0.1, 0.15) is 5.56 Å². The molecule has 0 aliphatic rings. The Morgan fingerprint density at radius 3 is 2.59 bits per heavy atom. The summed E-state index contributed by atoms with van der Waals surface area (Å²) < 4.78 is 39.8. The van der Waals surface area contributed by atoms with Crippen molar-refractivity contribution < 1.29 is 27.8 Å². The average molecular weight is 267 g/mol. The van der Waals surface area contributed by atoms with Crippen molar-refractivity contribution in [2.75, 3.05) is 0 Å². The summed E-state index contributed by atoms with van der Waals surface area (Å²) in [7, 11) is 0. The van der Waals surface area contributed by atoms with Gasteiger partial charge < -0.3 is 9.84 Å². The number of aliphatic carboxylic acids is 1. The van der Waals surface area contributed by atoms with Gasteiger partial charge in [-0.2, -0.15) is 0 Å². The monoisotopic (exact) mass is 266 g/mol. The smallest absolute Gasteiger partial charge is 0.478 e. The van der Waals surface area contributed by atoms with E-state index in [1.54, 1.807) is 0 Å². The molecule has 0 radical (unpaired) electrons. The number of carboxylic acid groups (broad SMARTS) is 1. The summed E-state index contributed by atoms with van der Waals surface area (Å²) in [6.07, 6.45) is -3.19. The highest BCUT2D eigenvalue weighted by molar-refractivity contribution is 6.30. The zero-order valence-corrected chi connectivity index (χ0v) is 8.92. The van der Waals surface area contributed by atoms with Gasteiger partial charge in [0.15, 0.2) is 0 Å². The first kappa shape index (κ1) is 13.4. The lowest BCUT2D eigenvalue weighted by Gasteiger charge is -2.11. The molecule has 0 bridgehead atoms. The minimum Gasteiger partial charge on any atom is -0.478 e. The third-order valence-electron chi connectivity index (χ3n) is 1.60. The predicted molar refractivity (Wildman–Crippen MR) is 54.8 cm³/mol. The van der Waals surface area contributed by atoms with Crippen molar-refractivity contribution >= 4 is 23.6 Å². The van der Waals surface area contributed by atoms with Gasteiger partial charge in [0.1, 0.15) is 5.75 Å².